The zero-order valence-corrected chi connectivity index (χ0v) is 31.3. The number of carboxylic acid groups (broad SMARTS) is 1. The Kier molecular flexibility index (Phi) is 9.28. The minimum Gasteiger partial charge on any atom is -0.478 e. The predicted molar refractivity (Wildman–Crippen MR) is 196 cm³/mol. The summed E-state index contributed by atoms with van der Waals surface area (Å²) in [6, 6.07) is 8.32. The summed E-state index contributed by atoms with van der Waals surface area (Å²) in [5, 5.41) is 13.9. The van der Waals surface area contributed by atoms with Crippen molar-refractivity contribution in [2.75, 3.05) is 26.2 Å². The maximum atomic E-state index is 11.6. The second kappa shape index (κ2) is 12.8. The van der Waals surface area contributed by atoms with Gasteiger partial charge in [0, 0.05) is 31.2 Å². The number of ether oxygens (including phenoxy) is 1. The molecule has 1 aromatic rings. The Morgan fingerprint density at radius 1 is 0.979 bits per heavy atom. The number of likely N-dealkylation sites (tertiary alicyclic amines) is 1. The van der Waals surface area contributed by atoms with Crippen LogP contribution in [-0.2, 0) is 4.74 Å². The van der Waals surface area contributed by atoms with E-state index in [4.69, 9.17) is 4.74 Å². The van der Waals surface area contributed by atoms with Crippen molar-refractivity contribution in [2.45, 2.75) is 137 Å². The molecule has 7 rings (SSSR count). The molecule has 2 saturated heterocycles. The fraction of sp³-hybridized carbons (Fsp3) is 0.791. The largest absolute Gasteiger partial charge is 0.478 e. The molecule has 0 spiro atoms. The second-order valence-corrected chi connectivity index (χ2v) is 18.8. The summed E-state index contributed by atoms with van der Waals surface area (Å²) >= 11 is 0. The molecule has 2 N–H and O–H groups in total. The lowest BCUT2D eigenvalue weighted by Crippen LogP contribution is -2.65. The molecule has 2 bridgehead atoms. The number of fused-ring (bicyclic) bond motifs is 7. The summed E-state index contributed by atoms with van der Waals surface area (Å²) in [6.45, 7) is 22.3. The van der Waals surface area contributed by atoms with Gasteiger partial charge in [-0.1, -0.05) is 66.7 Å². The first-order valence-corrected chi connectivity index (χ1v) is 19.9. The lowest BCUT2D eigenvalue weighted by Gasteiger charge is -2.66. The predicted octanol–water partition coefficient (Wildman–Crippen LogP) is 9.32. The third-order valence-electron chi connectivity index (χ3n) is 16.5. The van der Waals surface area contributed by atoms with E-state index in [1.807, 2.05) is 12.1 Å². The molecule has 5 fully saturated rings. The third-order valence-corrected chi connectivity index (χ3v) is 16.5. The Balaban J connectivity index is 1.14. The third kappa shape index (κ3) is 5.65. The molecule has 48 heavy (non-hydrogen) atoms. The Morgan fingerprint density at radius 3 is 2.42 bits per heavy atom. The smallest absolute Gasteiger partial charge is 0.335 e. The Hall–Kier alpha value is -1.69. The number of carbonyl (C=O) groups is 1. The normalized spacial score (nSPS) is 42.6. The minimum absolute atomic E-state index is 0.0176. The number of benzene rings is 1. The molecule has 0 radical (unpaired) electrons. The van der Waals surface area contributed by atoms with E-state index in [0.29, 0.717) is 40.0 Å². The Labute approximate surface area is 292 Å². The maximum Gasteiger partial charge on any atom is 0.335 e. The van der Waals surface area contributed by atoms with Crippen LogP contribution in [0.15, 0.2) is 30.3 Å². The van der Waals surface area contributed by atoms with Gasteiger partial charge in [-0.3, -0.25) is 4.90 Å². The fourth-order valence-electron chi connectivity index (χ4n) is 12.9. The van der Waals surface area contributed by atoms with Crippen LogP contribution in [-0.4, -0.2) is 59.9 Å². The van der Waals surface area contributed by atoms with Crippen LogP contribution in [0.4, 0.5) is 0 Å². The van der Waals surface area contributed by atoms with E-state index < -0.39 is 5.97 Å². The first kappa shape index (κ1) is 34.7. The van der Waals surface area contributed by atoms with Crippen molar-refractivity contribution in [3.8, 4) is 0 Å². The van der Waals surface area contributed by atoms with Crippen LogP contribution in [0.5, 0.6) is 0 Å². The van der Waals surface area contributed by atoms with E-state index in [1.165, 1.54) is 81.9 Å². The molecule has 5 heteroatoms. The number of rotatable bonds is 7. The summed E-state index contributed by atoms with van der Waals surface area (Å²) in [4.78, 5) is 14.3. The molecule has 5 nitrogen and oxygen atoms in total. The number of carboxylic acids is 1. The molecule has 266 valence electrons. The molecule has 2 heterocycles. The molecule has 2 aliphatic heterocycles. The van der Waals surface area contributed by atoms with E-state index in [-0.39, 0.29) is 5.41 Å². The molecule has 1 aromatic carbocycles. The number of aromatic carboxylic acids is 1. The summed E-state index contributed by atoms with van der Waals surface area (Å²) in [5.74, 6) is 3.60. The molecule has 10 unspecified atom stereocenters. The first-order chi connectivity index (χ1) is 22.8. The number of nitrogens with one attached hydrogen (secondary N) is 1. The van der Waals surface area contributed by atoms with Gasteiger partial charge in [0.05, 0.1) is 18.3 Å². The molecule has 3 saturated carbocycles. The van der Waals surface area contributed by atoms with E-state index >= 15 is 0 Å². The van der Waals surface area contributed by atoms with Crippen molar-refractivity contribution in [3.63, 3.8) is 0 Å². The van der Waals surface area contributed by atoms with Crippen molar-refractivity contribution in [1.82, 2.24) is 10.2 Å². The average molecular weight is 659 g/mol. The molecule has 0 aromatic heterocycles. The van der Waals surface area contributed by atoms with Gasteiger partial charge in [-0.2, -0.15) is 0 Å². The second-order valence-electron chi connectivity index (χ2n) is 18.8. The van der Waals surface area contributed by atoms with E-state index in [9.17, 15) is 9.90 Å². The van der Waals surface area contributed by atoms with Crippen LogP contribution in [0, 0.1) is 51.8 Å². The number of hydrogen-bond donors (Lipinski definition) is 2. The highest BCUT2D eigenvalue weighted by molar-refractivity contribution is 5.88. The molecule has 4 aliphatic carbocycles. The molecule has 6 aliphatic rings. The van der Waals surface area contributed by atoms with Crippen molar-refractivity contribution < 1.29 is 14.6 Å². The zero-order valence-electron chi connectivity index (χ0n) is 31.3. The Bertz CT molecular complexity index is 1370. The highest BCUT2D eigenvalue weighted by Crippen LogP contribution is 2.70. The average Bonchev–Trinajstić information content (AvgIpc) is 3.78. The fourth-order valence-corrected chi connectivity index (χ4v) is 12.9. The van der Waals surface area contributed by atoms with Crippen LogP contribution >= 0.6 is 0 Å². The number of hydrogen-bond acceptors (Lipinski definition) is 4. The van der Waals surface area contributed by atoms with Crippen LogP contribution in [0.1, 0.15) is 135 Å². The number of morpholine rings is 1. The quantitative estimate of drug-likeness (QED) is 0.306. The molecular weight excluding hydrogens is 592 g/mol. The van der Waals surface area contributed by atoms with Crippen LogP contribution in [0.3, 0.4) is 0 Å². The molecular formula is C43H66N2O3. The SMILES string of the molecule is CC(C)C1CCC2(NCCN3CC4CC3CO4)CCC3(C)C(CCC4CCC=C(c5ccc(C(=O)O)cc5)C(C)(C)C(C)CCC43C)C12. The van der Waals surface area contributed by atoms with Gasteiger partial charge < -0.3 is 15.2 Å². The van der Waals surface area contributed by atoms with E-state index in [1.54, 1.807) is 12.1 Å². The van der Waals surface area contributed by atoms with Gasteiger partial charge in [0.1, 0.15) is 0 Å². The summed E-state index contributed by atoms with van der Waals surface area (Å²) in [6.07, 6.45) is 17.5. The van der Waals surface area contributed by atoms with E-state index in [0.717, 1.165) is 55.7 Å². The van der Waals surface area contributed by atoms with Crippen LogP contribution in [0.25, 0.3) is 5.57 Å². The van der Waals surface area contributed by atoms with Crippen LogP contribution < -0.4 is 5.32 Å². The van der Waals surface area contributed by atoms with Crippen LogP contribution in [0.2, 0.25) is 0 Å². The van der Waals surface area contributed by atoms with Gasteiger partial charge >= 0.3 is 5.97 Å². The Morgan fingerprint density at radius 2 is 1.75 bits per heavy atom. The molecule has 10 atom stereocenters. The monoisotopic (exact) mass is 659 g/mol. The van der Waals surface area contributed by atoms with Gasteiger partial charge in [-0.15, -0.1) is 0 Å². The molecule has 0 amide bonds. The number of nitrogens with zero attached hydrogens (tertiary/aromatic N) is 1. The van der Waals surface area contributed by atoms with Gasteiger partial charge in [0.2, 0.25) is 0 Å². The van der Waals surface area contributed by atoms with E-state index in [2.05, 4.69) is 64.8 Å². The first-order valence-electron chi connectivity index (χ1n) is 19.9. The van der Waals surface area contributed by atoms with Crippen molar-refractivity contribution in [1.29, 1.82) is 0 Å². The zero-order chi connectivity index (χ0) is 34.1. The summed E-state index contributed by atoms with van der Waals surface area (Å²) in [7, 11) is 0. The highest BCUT2D eigenvalue weighted by Gasteiger charge is 2.65. The van der Waals surface area contributed by atoms with Crippen molar-refractivity contribution in [2.24, 2.45) is 51.8 Å². The highest BCUT2D eigenvalue weighted by atomic mass is 16.5. The van der Waals surface area contributed by atoms with Crippen molar-refractivity contribution >= 4 is 11.5 Å². The standard InChI is InChI=1S/C43H66N2O3/c1-28(2)35-18-20-43(44-23-24-45-26-34-25-33(45)27-48-34)22-21-42(7)37(38(35)43)16-15-32-9-8-10-36(30-11-13-31(14-12-30)39(46)47)40(4,5)29(3)17-19-41(32,42)6/h10-14,28-29,32-35,37-38,44H,8-9,15-27H2,1-7H3,(H,46,47). The van der Waals surface area contributed by atoms with Gasteiger partial charge in [0.15, 0.2) is 0 Å². The topological polar surface area (TPSA) is 61.8 Å². The maximum absolute atomic E-state index is 11.6. The van der Waals surface area contributed by atoms with Gasteiger partial charge in [-0.25, -0.2) is 4.79 Å². The number of allylic oxidation sites excluding steroid dienone is 2. The van der Waals surface area contributed by atoms with Gasteiger partial charge in [-0.05, 0) is 146 Å². The lowest BCUT2D eigenvalue weighted by molar-refractivity contribution is -0.163. The van der Waals surface area contributed by atoms with Gasteiger partial charge in [0.25, 0.3) is 0 Å². The minimum atomic E-state index is -0.852. The summed E-state index contributed by atoms with van der Waals surface area (Å²) in [5.41, 5.74) is 4.02. The van der Waals surface area contributed by atoms with Crippen molar-refractivity contribution in [3.05, 3.63) is 41.5 Å². The lowest BCUT2D eigenvalue weighted by atomic mass is 9.39. The summed E-state index contributed by atoms with van der Waals surface area (Å²) < 4.78 is 5.91.